The number of aromatic amines is 1. The molecule has 3 heteroatoms. The number of nitrogens with one attached hydrogen (secondary N) is 1. The lowest BCUT2D eigenvalue weighted by atomic mass is 10.0. The summed E-state index contributed by atoms with van der Waals surface area (Å²) in [6, 6.07) is 15.6. The van der Waals surface area contributed by atoms with Crippen LogP contribution < -0.4 is 4.74 Å². The molecule has 0 amide bonds. The molecule has 1 N–H and O–H groups in total. The molecule has 0 fully saturated rings. The summed E-state index contributed by atoms with van der Waals surface area (Å²) in [4.78, 5) is 14.4. The Morgan fingerprint density at radius 3 is 2.58 bits per heavy atom. The van der Waals surface area contributed by atoms with Crippen LogP contribution in [0.4, 0.5) is 0 Å². The molecule has 1 aromatic heterocycles. The van der Waals surface area contributed by atoms with Crippen molar-refractivity contribution < 1.29 is 9.53 Å². The van der Waals surface area contributed by atoms with Gasteiger partial charge in [0, 0.05) is 35.2 Å². The number of rotatable bonds is 2. The Hall–Kier alpha value is -2.55. The maximum absolute atomic E-state index is 11.2. The van der Waals surface area contributed by atoms with Gasteiger partial charge in [0.05, 0.1) is 0 Å². The highest BCUT2D eigenvalue weighted by atomic mass is 16.5. The number of esters is 1. The van der Waals surface area contributed by atoms with Crippen molar-refractivity contribution in [3.8, 4) is 16.9 Å². The van der Waals surface area contributed by atoms with Gasteiger partial charge in [0.15, 0.2) is 0 Å². The number of H-pyrrole nitrogens is 1. The zero-order valence-electron chi connectivity index (χ0n) is 10.5. The highest BCUT2D eigenvalue weighted by Crippen LogP contribution is 2.34. The highest BCUT2D eigenvalue weighted by molar-refractivity contribution is 5.97. The molecule has 0 bridgehead atoms. The molecule has 0 saturated heterocycles. The Balaban J connectivity index is 2.19. The van der Waals surface area contributed by atoms with Gasteiger partial charge in [-0.05, 0) is 12.1 Å². The zero-order valence-corrected chi connectivity index (χ0v) is 10.5. The molecule has 0 atom stereocenters. The number of hydrogen-bond donors (Lipinski definition) is 1. The molecule has 0 spiro atoms. The highest BCUT2D eigenvalue weighted by Gasteiger charge is 2.11. The van der Waals surface area contributed by atoms with E-state index < -0.39 is 0 Å². The van der Waals surface area contributed by atoms with Crippen molar-refractivity contribution in [3.05, 3.63) is 54.7 Å². The fourth-order valence-corrected chi connectivity index (χ4v) is 2.23. The Kier molecular flexibility index (Phi) is 2.80. The number of hydrogen-bond acceptors (Lipinski definition) is 2. The lowest BCUT2D eigenvalue weighted by Crippen LogP contribution is -2.02. The topological polar surface area (TPSA) is 42.1 Å². The molecule has 2 aromatic carbocycles. The van der Waals surface area contributed by atoms with E-state index in [4.69, 9.17) is 4.74 Å². The number of aromatic nitrogens is 1. The third kappa shape index (κ3) is 2.10. The predicted octanol–water partition coefficient (Wildman–Crippen LogP) is 3.76. The van der Waals surface area contributed by atoms with Gasteiger partial charge in [-0.2, -0.15) is 0 Å². The van der Waals surface area contributed by atoms with Gasteiger partial charge in [-0.15, -0.1) is 0 Å². The monoisotopic (exact) mass is 251 g/mol. The van der Waals surface area contributed by atoms with Crippen LogP contribution in [0, 0.1) is 0 Å². The van der Waals surface area contributed by atoms with Gasteiger partial charge >= 0.3 is 5.97 Å². The first-order chi connectivity index (χ1) is 9.25. The maximum Gasteiger partial charge on any atom is 0.308 e. The summed E-state index contributed by atoms with van der Waals surface area (Å²) < 4.78 is 5.27. The smallest absolute Gasteiger partial charge is 0.308 e. The van der Waals surface area contributed by atoms with E-state index in [0.717, 1.165) is 22.0 Å². The molecule has 0 saturated carbocycles. The minimum Gasteiger partial charge on any atom is -0.426 e. The summed E-state index contributed by atoms with van der Waals surface area (Å²) in [7, 11) is 0. The van der Waals surface area contributed by atoms with Crippen LogP contribution in [0.5, 0.6) is 5.75 Å². The molecule has 3 rings (SSSR count). The zero-order chi connectivity index (χ0) is 13.2. The average Bonchev–Trinajstić information content (AvgIpc) is 2.82. The molecule has 1 heterocycles. The van der Waals surface area contributed by atoms with Crippen LogP contribution in [-0.2, 0) is 4.79 Å². The van der Waals surface area contributed by atoms with Crippen molar-refractivity contribution in [2.45, 2.75) is 6.92 Å². The minimum atomic E-state index is -0.313. The van der Waals surface area contributed by atoms with E-state index in [-0.39, 0.29) is 5.97 Å². The van der Waals surface area contributed by atoms with E-state index in [0.29, 0.717) is 5.75 Å². The average molecular weight is 251 g/mol. The molecule has 0 unspecified atom stereocenters. The summed E-state index contributed by atoms with van der Waals surface area (Å²) in [6.07, 6.45) is 1.94. The second-order valence-electron chi connectivity index (χ2n) is 4.34. The van der Waals surface area contributed by atoms with E-state index in [9.17, 15) is 4.79 Å². The van der Waals surface area contributed by atoms with Crippen molar-refractivity contribution in [1.29, 1.82) is 0 Å². The van der Waals surface area contributed by atoms with Gasteiger partial charge in [-0.3, -0.25) is 4.79 Å². The van der Waals surface area contributed by atoms with Crippen LogP contribution >= 0.6 is 0 Å². The van der Waals surface area contributed by atoms with Crippen LogP contribution in [0.1, 0.15) is 6.92 Å². The first kappa shape index (κ1) is 11.5. The summed E-state index contributed by atoms with van der Waals surface area (Å²) in [5, 5.41) is 1.11. The predicted molar refractivity (Wildman–Crippen MR) is 75.0 cm³/mol. The molecule has 0 radical (unpaired) electrons. The first-order valence-corrected chi connectivity index (χ1v) is 6.09. The molecule has 0 aliphatic heterocycles. The largest absolute Gasteiger partial charge is 0.426 e. The molecular formula is C16H13NO2. The number of carbonyl (C=O) groups is 1. The van der Waals surface area contributed by atoms with E-state index in [1.807, 2.05) is 48.7 Å². The van der Waals surface area contributed by atoms with Gasteiger partial charge in [0.1, 0.15) is 5.75 Å². The quantitative estimate of drug-likeness (QED) is 0.556. The fraction of sp³-hybridized carbons (Fsp3) is 0.0625. The Labute approximate surface area is 110 Å². The number of ether oxygens (including phenoxy) is 1. The van der Waals surface area contributed by atoms with Crippen molar-refractivity contribution >= 4 is 16.9 Å². The van der Waals surface area contributed by atoms with Gasteiger partial charge in [-0.25, -0.2) is 0 Å². The third-order valence-corrected chi connectivity index (χ3v) is 3.02. The normalized spacial score (nSPS) is 10.6. The Morgan fingerprint density at radius 2 is 1.74 bits per heavy atom. The van der Waals surface area contributed by atoms with E-state index in [1.165, 1.54) is 6.92 Å². The molecular weight excluding hydrogens is 238 g/mol. The molecule has 94 valence electrons. The van der Waals surface area contributed by atoms with Crippen LogP contribution in [-0.4, -0.2) is 11.0 Å². The van der Waals surface area contributed by atoms with E-state index in [2.05, 4.69) is 4.98 Å². The molecule has 0 aliphatic rings. The standard InChI is InChI=1S/C16H13NO2/c1-11(18)19-16-9-5-3-7-13(16)14-10-17-15-8-4-2-6-12(14)15/h2-10,17H,1H3. The fourth-order valence-electron chi connectivity index (χ4n) is 2.23. The molecule has 19 heavy (non-hydrogen) atoms. The first-order valence-electron chi connectivity index (χ1n) is 6.09. The number of fused-ring (bicyclic) bond motifs is 1. The van der Waals surface area contributed by atoms with Gasteiger partial charge in [0.2, 0.25) is 0 Å². The van der Waals surface area contributed by atoms with Crippen molar-refractivity contribution in [3.63, 3.8) is 0 Å². The summed E-state index contributed by atoms with van der Waals surface area (Å²) in [6.45, 7) is 1.41. The summed E-state index contributed by atoms with van der Waals surface area (Å²) >= 11 is 0. The Bertz CT molecular complexity index is 743. The van der Waals surface area contributed by atoms with Gasteiger partial charge < -0.3 is 9.72 Å². The minimum absolute atomic E-state index is 0.313. The SMILES string of the molecule is CC(=O)Oc1ccccc1-c1c[nH]c2ccccc12. The Morgan fingerprint density at radius 1 is 1.00 bits per heavy atom. The van der Waals surface area contributed by atoms with Gasteiger partial charge in [0.25, 0.3) is 0 Å². The maximum atomic E-state index is 11.2. The van der Waals surface area contributed by atoms with Crippen molar-refractivity contribution in [2.24, 2.45) is 0 Å². The number of para-hydroxylation sites is 2. The van der Waals surface area contributed by atoms with Crippen molar-refractivity contribution in [2.75, 3.05) is 0 Å². The lowest BCUT2D eigenvalue weighted by Gasteiger charge is -2.07. The second-order valence-corrected chi connectivity index (χ2v) is 4.34. The lowest BCUT2D eigenvalue weighted by molar-refractivity contribution is -0.131. The van der Waals surface area contributed by atoms with Gasteiger partial charge in [-0.1, -0.05) is 36.4 Å². The van der Waals surface area contributed by atoms with E-state index >= 15 is 0 Å². The molecule has 0 aliphatic carbocycles. The van der Waals surface area contributed by atoms with Crippen molar-refractivity contribution in [1.82, 2.24) is 4.98 Å². The van der Waals surface area contributed by atoms with Crippen LogP contribution in [0.2, 0.25) is 0 Å². The van der Waals surface area contributed by atoms with Crippen LogP contribution in [0.15, 0.2) is 54.7 Å². The molecule has 3 nitrogen and oxygen atoms in total. The summed E-state index contributed by atoms with van der Waals surface area (Å²) in [5.41, 5.74) is 3.01. The van der Waals surface area contributed by atoms with Crippen LogP contribution in [0.3, 0.4) is 0 Å². The second kappa shape index (κ2) is 4.61. The summed E-state index contributed by atoms with van der Waals surface area (Å²) in [5.74, 6) is 0.270. The molecule has 3 aromatic rings. The van der Waals surface area contributed by atoms with E-state index in [1.54, 1.807) is 6.07 Å². The number of carbonyl (C=O) groups excluding carboxylic acids is 1. The van der Waals surface area contributed by atoms with Crippen LogP contribution in [0.25, 0.3) is 22.0 Å². The number of benzene rings is 2. The third-order valence-electron chi connectivity index (χ3n) is 3.02.